The average Bonchev–Trinajstić information content (AvgIpc) is 2.52. The SMILES string of the molecule is COc1ccc(N=C(C(=O)OC(C)C)c2cccc(C)c2)cc1. The lowest BCUT2D eigenvalue weighted by atomic mass is 10.1. The minimum Gasteiger partial charge on any atom is -0.497 e. The molecule has 120 valence electrons. The van der Waals surface area contributed by atoms with Crippen LogP contribution >= 0.6 is 0 Å². The number of benzene rings is 2. The van der Waals surface area contributed by atoms with E-state index in [4.69, 9.17) is 9.47 Å². The molecule has 4 nitrogen and oxygen atoms in total. The molecule has 0 saturated heterocycles. The zero-order valence-electron chi connectivity index (χ0n) is 13.9. The Bertz CT molecular complexity index is 703. The summed E-state index contributed by atoms with van der Waals surface area (Å²) in [5, 5.41) is 0. The highest BCUT2D eigenvalue weighted by Crippen LogP contribution is 2.20. The van der Waals surface area contributed by atoms with Crippen LogP contribution in [0.5, 0.6) is 5.75 Å². The number of aliphatic imine (C=N–C) groups is 1. The number of carbonyl (C=O) groups is 1. The van der Waals surface area contributed by atoms with Gasteiger partial charge in [0.25, 0.3) is 0 Å². The number of aryl methyl sites for hydroxylation is 1. The number of rotatable bonds is 5. The van der Waals surface area contributed by atoms with Gasteiger partial charge in [-0.25, -0.2) is 9.79 Å². The van der Waals surface area contributed by atoms with Crippen molar-refractivity contribution in [3.05, 3.63) is 59.7 Å². The van der Waals surface area contributed by atoms with Gasteiger partial charge in [0.2, 0.25) is 0 Å². The van der Waals surface area contributed by atoms with E-state index in [9.17, 15) is 4.79 Å². The van der Waals surface area contributed by atoms with E-state index in [1.54, 1.807) is 31.4 Å². The van der Waals surface area contributed by atoms with Gasteiger partial charge in [0.05, 0.1) is 18.9 Å². The summed E-state index contributed by atoms with van der Waals surface area (Å²) < 4.78 is 10.5. The molecule has 0 aliphatic rings. The molecule has 0 saturated carbocycles. The van der Waals surface area contributed by atoms with Crippen molar-refractivity contribution in [3.63, 3.8) is 0 Å². The summed E-state index contributed by atoms with van der Waals surface area (Å²) in [5.41, 5.74) is 2.77. The van der Waals surface area contributed by atoms with Crippen LogP contribution in [0, 0.1) is 6.92 Å². The van der Waals surface area contributed by atoms with E-state index in [1.165, 1.54) is 0 Å². The second-order valence-corrected chi connectivity index (χ2v) is 5.48. The molecule has 0 spiro atoms. The van der Waals surface area contributed by atoms with Gasteiger partial charge < -0.3 is 9.47 Å². The van der Waals surface area contributed by atoms with Crippen LogP contribution in [0.2, 0.25) is 0 Å². The molecular weight excluding hydrogens is 290 g/mol. The lowest BCUT2D eigenvalue weighted by Crippen LogP contribution is -2.22. The van der Waals surface area contributed by atoms with Crippen molar-refractivity contribution < 1.29 is 14.3 Å². The standard InChI is InChI=1S/C19H21NO3/c1-13(2)23-19(21)18(15-7-5-6-14(3)12-15)20-16-8-10-17(22-4)11-9-16/h5-13H,1-4H3. The molecular formula is C19H21NO3. The Labute approximate surface area is 136 Å². The zero-order chi connectivity index (χ0) is 16.8. The normalized spacial score (nSPS) is 11.4. The Hall–Kier alpha value is -2.62. The third kappa shape index (κ3) is 4.68. The Kier molecular flexibility index (Phi) is 5.52. The minimum absolute atomic E-state index is 0.201. The molecule has 2 rings (SSSR count). The first-order valence-electron chi connectivity index (χ1n) is 7.50. The minimum atomic E-state index is -0.429. The molecule has 0 bridgehead atoms. The van der Waals surface area contributed by atoms with Gasteiger partial charge in [0, 0.05) is 5.56 Å². The fourth-order valence-electron chi connectivity index (χ4n) is 2.08. The van der Waals surface area contributed by atoms with Gasteiger partial charge in [-0.3, -0.25) is 0 Å². The van der Waals surface area contributed by atoms with Crippen molar-refractivity contribution in [1.82, 2.24) is 0 Å². The third-order valence-corrected chi connectivity index (χ3v) is 3.14. The molecule has 0 atom stereocenters. The van der Waals surface area contributed by atoms with Gasteiger partial charge in [-0.2, -0.15) is 0 Å². The molecule has 0 amide bonds. The first kappa shape index (κ1) is 16.7. The zero-order valence-corrected chi connectivity index (χ0v) is 13.9. The summed E-state index contributed by atoms with van der Waals surface area (Å²) in [5.74, 6) is 0.312. The quantitative estimate of drug-likeness (QED) is 0.617. The van der Waals surface area contributed by atoms with E-state index in [2.05, 4.69) is 4.99 Å². The molecule has 0 heterocycles. The smallest absolute Gasteiger partial charge is 0.357 e. The highest BCUT2D eigenvalue weighted by Gasteiger charge is 2.17. The summed E-state index contributed by atoms with van der Waals surface area (Å²) >= 11 is 0. The molecule has 4 heteroatoms. The summed E-state index contributed by atoms with van der Waals surface area (Å²) in [6, 6.07) is 14.9. The monoisotopic (exact) mass is 311 g/mol. The lowest BCUT2D eigenvalue weighted by Gasteiger charge is -2.11. The van der Waals surface area contributed by atoms with Crippen molar-refractivity contribution >= 4 is 17.4 Å². The molecule has 2 aromatic carbocycles. The van der Waals surface area contributed by atoms with E-state index < -0.39 is 5.97 Å². The van der Waals surface area contributed by atoms with Crippen molar-refractivity contribution in [3.8, 4) is 5.75 Å². The molecule has 0 unspecified atom stereocenters. The average molecular weight is 311 g/mol. The van der Waals surface area contributed by atoms with E-state index in [0.717, 1.165) is 16.9 Å². The number of carbonyl (C=O) groups excluding carboxylic acids is 1. The number of hydrogen-bond donors (Lipinski definition) is 0. The fourth-order valence-corrected chi connectivity index (χ4v) is 2.08. The van der Waals surface area contributed by atoms with Crippen LogP contribution in [-0.2, 0) is 9.53 Å². The maximum absolute atomic E-state index is 12.4. The van der Waals surface area contributed by atoms with Crippen molar-refractivity contribution in [2.75, 3.05) is 7.11 Å². The lowest BCUT2D eigenvalue weighted by molar-refractivity contribution is -0.138. The maximum Gasteiger partial charge on any atom is 0.357 e. The van der Waals surface area contributed by atoms with E-state index >= 15 is 0 Å². The van der Waals surface area contributed by atoms with Crippen LogP contribution < -0.4 is 4.74 Å². The van der Waals surface area contributed by atoms with E-state index in [1.807, 2.05) is 45.0 Å². The number of esters is 1. The van der Waals surface area contributed by atoms with Gasteiger partial charge in [0.1, 0.15) is 5.75 Å². The molecule has 0 radical (unpaired) electrons. The predicted octanol–water partition coefficient (Wildman–Crippen LogP) is 4.08. The number of hydrogen-bond acceptors (Lipinski definition) is 4. The maximum atomic E-state index is 12.4. The molecule has 0 fully saturated rings. The first-order chi connectivity index (χ1) is 11.0. The van der Waals surface area contributed by atoms with Crippen LogP contribution in [0.25, 0.3) is 0 Å². The molecule has 0 N–H and O–H groups in total. The van der Waals surface area contributed by atoms with Crippen LogP contribution in [0.15, 0.2) is 53.5 Å². The van der Waals surface area contributed by atoms with E-state index in [0.29, 0.717) is 11.4 Å². The summed E-state index contributed by atoms with van der Waals surface area (Å²) in [4.78, 5) is 16.9. The van der Waals surface area contributed by atoms with E-state index in [-0.39, 0.29) is 6.10 Å². The van der Waals surface area contributed by atoms with Gasteiger partial charge in [-0.15, -0.1) is 0 Å². The fraction of sp³-hybridized carbons (Fsp3) is 0.263. The molecule has 0 aliphatic heterocycles. The highest BCUT2D eigenvalue weighted by atomic mass is 16.5. The van der Waals surface area contributed by atoms with Crippen LogP contribution in [-0.4, -0.2) is 24.9 Å². The topological polar surface area (TPSA) is 47.9 Å². The third-order valence-electron chi connectivity index (χ3n) is 3.14. The van der Waals surface area contributed by atoms with Gasteiger partial charge in [-0.05, 0) is 51.1 Å². The van der Waals surface area contributed by atoms with Crippen molar-refractivity contribution in [1.29, 1.82) is 0 Å². The second kappa shape index (κ2) is 7.58. The van der Waals surface area contributed by atoms with Gasteiger partial charge in [-0.1, -0.05) is 23.8 Å². The van der Waals surface area contributed by atoms with Crippen molar-refractivity contribution in [2.45, 2.75) is 26.9 Å². The highest BCUT2D eigenvalue weighted by molar-refractivity contribution is 6.43. The first-order valence-corrected chi connectivity index (χ1v) is 7.50. The Morgan fingerprint density at radius 1 is 1.09 bits per heavy atom. The number of methoxy groups -OCH3 is 1. The Morgan fingerprint density at radius 3 is 2.35 bits per heavy atom. The van der Waals surface area contributed by atoms with Gasteiger partial charge in [0.15, 0.2) is 5.71 Å². The molecule has 0 aliphatic carbocycles. The van der Waals surface area contributed by atoms with Crippen molar-refractivity contribution in [2.24, 2.45) is 4.99 Å². The second-order valence-electron chi connectivity index (χ2n) is 5.48. The van der Waals surface area contributed by atoms with Gasteiger partial charge >= 0.3 is 5.97 Å². The Balaban J connectivity index is 2.43. The summed E-state index contributed by atoms with van der Waals surface area (Å²) in [6.45, 7) is 5.61. The predicted molar refractivity (Wildman–Crippen MR) is 91.6 cm³/mol. The summed E-state index contributed by atoms with van der Waals surface area (Å²) in [7, 11) is 1.61. The molecule has 0 aromatic heterocycles. The van der Waals surface area contributed by atoms with Crippen LogP contribution in [0.3, 0.4) is 0 Å². The number of nitrogens with zero attached hydrogens (tertiary/aromatic N) is 1. The number of ether oxygens (including phenoxy) is 2. The Morgan fingerprint density at radius 2 is 1.78 bits per heavy atom. The molecule has 23 heavy (non-hydrogen) atoms. The van der Waals surface area contributed by atoms with Crippen LogP contribution in [0.4, 0.5) is 5.69 Å². The molecule has 2 aromatic rings. The largest absolute Gasteiger partial charge is 0.497 e. The summed E-state index contributed by atoms with van der Waals surface area (Å²) in [6.07, 6.45) is -0.201. The van der Waals surface area contributed by atoms with Crippen LogP contribution in [0.1, 0.15) is 25.0 Å².